The van der Waals surface area contributed by atoms with Gasteiger partial charge in [0.15, 0.2) is 0 Å². The van der Waals surface area contributed by atoms with Crippen LogP contribution in [0.3, 0.4) is 0 Å². The maximum absolute atomic E-state index is 13.6. The van der Waals surface area contributed by atoms with E-state index in [0.717, 1.165) is 21.9 Å². The summed E-state index contributed by atoms with van der Waals surface area (Å²) in [6.07, 6.45) is 1.76. The molecule has 0 fully saturated rings. The number of nitrogens with zero attached hydrogens (tertiary/aromatic N) is 2. The van der Waals surface area contributed by atoms with Crippen LogP contribution in [0.5, 0.6) is 0 Å². The van der Waals surface area contributed by atoms with Crippen LogP contribution in [-0.2, 0) is 7.05 Å². The molecule has 0 aliphatic heterocycles. The Kier molecular flexibility index (Phi) is 4.74. The van der Waals surface area contributed by atoms with Gasteiger partial charge in [0.2, 0.25) is 0 Å². The minimum atomic E-state index is -0.354. The summed E-state index contributed by atoms with van der Waals surface area (Å²) in [5.41, 5.74) is 3.10. The first-order valence-electron chi connectivity index (χ1n) is 9.51. The van der Waals surface area contributed by atoms with Gasteiger partial charge in [-0.25, -0.2) is 9.18 Å². The van der Waals surface area contributed by atoms with E-state index >= 15 is 0 Å². The van der Waals surface area contributed by atoms with E-state index in [9.17, 15) is 9.18 Å². The number of carbonyl (C=O) groups excluding carboxylic acids is 1. The first kappa shape index (κ1) is 19.0. The molecule has 150 valence electrons. The van der Waals surface area contributed by atoms with Gasteiger partial charge in [-0.3, -0.25) is 4.68 Å². The van der Waals surface area contributed by atoms with Crippen LogP contribution < -0.4 is 10.6 Å². The van der Waals surface area contributed by atoms with Crippen LogP contribution in [0, 0.1) is 18.7 Å². The molecule has 2 aromatic heterocycles. The summed E-state index contributed by atoms with van der Waals surface area (Å²) in [6, 6.07) is 9.37. The monoisotopic (exact) mass is 394 g/mol. The van der Waals surface area contributed by atoms with Gasteiger partial charge < -0.3 is 15.1 Å². The summed E-state index contributed by atoms with van der Waals surface area (Å²) in [5, 5.41) is 11.7. The predicted octanol–water partition coefficient (Wildman–Crippen LogP) is 5.29. The normalized spacial score (nSPS) is 12.6. The summed E-state index contributed by atoms with van der Waals surface area (Å²) in [6.45, 7) is 5.88. The molecule has 0 radical (unpaired) electrons. The lowest BCUT2D eigenvalue weighted by Gasteiger charge is -2.21. The van der Waals surface area contributed by atoms with Crippen molar-refractivity contribution in [1.29, 1.82) is 0 Å². The zero-order chi connectivity index (χ0) is 20.7. The standard InChI is InChI=1S/C22H23FN4O2/c1-12(2)20(21-13(3)17-10-15(23)5-8-19(17)29-21)26-22(28)25-16-6-7-18-14(9-16)11-24-27(18)4/h5-12,20H,1-4H3,(H2,25,26,28). The van der Waals surface area contributed by atoms with Gasteiger partial charge in [0, 0.05) is 29.1 Å². The second-order valence-electron chi connectivity index (χ2n) is 7.59. The number of aromatic nitrogens is 2. The number of fused-ring (bicyclic) bond motifs is 2. The smallest absolute Gasteiger partial charge is 0.319 e. The molecule has 1 unspecified atom stereocenters. The van der Waals surface area contributed by atoms with E-state index in [1.54, 1.807) is 16.9 Å². The lowest BCUT2D eigenvalue weighted by molar-refractivity contribution is 0.241. The molecule has 4 rings (SSSR count). The molecule has 6 nitrogen and oxygen atoms in total. The van der Waals surface area contributed by atoms with Crippen molar-refractivity contribution in [2.24, 2.45) is 13.0 Å². The minimum absolute atomic E-state index is 0.0747. The highest BCUT2D eigenvalue weighted by Crippen LogP contribution is 2.33. The second kappa shape index (κ2) is 7.24. The molecule has 4 aromatic rings. The Bertz CT molecular complexity index is 1210. The van der Waals surface area contributed by atoms with Crippen LogP contribution in [0.2, 0.25) is 0 Å². The van der Waals surface area contributed by atoms with E-state index in [4.69, 9.17) is 4.42 Å². The summed E-state index contributed by atoms with van der Waals surface area (Å²) >= 11 is 0. The third kappa shape index (κ3) is 3.55. The molecule has 7 heteroatoms. The van der Waals surface area contributed by atoms with Crippen LogP contribution in [0.4, 0.5) is 14.9 Å². The van der Waals surface area contributed by atoms with Crippen molar-refractivity contribution in [2.75, 3.05) is 5.32 Å². The van der Waals surface area contributed by atoms with Crippen molar-refractivity contribution in [2.45, 2.75) is 26.8 Å². The topological polar surface area (TPSA) is 72.1 Å². The van der Waals surface area contributed by atoms with Gasteiger partial charge in [0.25, 0.3) is 0 Å². The molecule has 1 atom stereocenters. The number of hydrogen-bond acceptors (Lipinski definition) is 3. The first-order chi connectivity index (χ1) is 13.8. The largest absolute Gasteiger partial charge is 0.459 e. The fourth-order valence-electron chi connectivity index (χ4n) is 3.59. The maximum Gasteiger partial charge on any atom is 0.319 e. The molecule has 0 aliphatic carbocycles. The number of carbonyl (C=O) groups is 1. The van der Waals surface area contributed by atoms with Crippen molar-refractivity contribution in [3.63, 3.8) is 0 Å². The van der Waals surface area contributed by atoms with Gasteiger partial charge in [-0.1, -0.05) is 13.8 Å². The van der Waals surface area contributed by atoms with E-state index in [1.165, 1.54) is 12.1 Å². The zero-order valence-electron chi connectivity index (χ0n) is 16.8. The Hall–Kier alpha value is -3.35. The number of furan rings is 1. The van der Waals surface area contributed by atoms with E-state index in [-0.39, 0.29) is 23.8 Å². The first-order valence-corrected chi connectivity index (χ1v) is 9.51. The van der Waals surface area contributed by atoms with E-state index in [2.05, 4.69) is 15.7 Å². The fourth-order valence-corrected chi connectivity index (χ4v) is 3.59. The van der Waals surface area contributed by atoms with Crippen LogP contribution >= 0.6 is 0 Å². The fraction of sp³-hybridized carbons (Fsp3) is 0.273. The quantitative estimate of drug-likeness (QED) is 0.494. The lowest BCUT2D eigenvalue weighted by atomic mass is 9.98. The van der Waals surface area contributed by atoms with Crippen molar-refractivity contribution in [1.82, 2.24) is 15.1 Å². The van der Waals surface area contributed by atoms with Crippen LogP contribution in [0.15, 0.2) is 47.0 Å². The number of hydrogen-bond donors (Lipinski definition) is 2. The molecule has 2 N–H and O–H groups in total. The number of halogens is 1. The molecule has 29 heavy (non-hydrogen) atoms. The Balaban J connectivity index is 1.57. The van der Waals surface area contributed by atoms with Crippen molar-refractivity contribution < 1.29 is 13.6 Å². The SMILES string of the molecule is Cc1c(C(NC(=O)Nc2ccc3c(cnn3C)c2)C(C)C)oc2ccc(F)cc12. The third-order valence-corrected chi connectivity index (χ3v) is 5.17. The molecule has 2 aromatic carbocycles. The Morgan fingerprint density at radius 3 is 2.76 bits per heavy atom. The van der Waals surface area contributed by atoms with E-state index < -0.39 is 0 Å². The van der Waals surface area contributed by atoms with E-state index in [0.29, 0.717) is 17.0 Å². The van der Waals surface area contributed by atoms with Crippen molar-refractivity contribution in [3.8, 4) is 0 Å². The predicted molar refractivity (Wildman–Crippen MR) is 111 cm³/mol. The second-order valence-corrected chi connectivity index (χ2v) is 7.59. The number of amides is 2. The summed E-state index contributed by atoms with van der Waals surface area (Å²) < 4.78 is 21.4. The number of anilines is 1. The molecule has 0 saturated carbocycles. The highest BCUT2D eigenvalue weighted by atomic mass is 19.1. The summed E-state index contributed by atoms with van der Waals surface area (Å²) in [7, 11) is 1.87. The molecular formula is C22H23FN4O2. The van der Waals surface area contributed by atoms with Crippen LogP contribution in [-0.4, -0.2) is 15.8 Å². The third-order valence-electron chi connectivity index (χ3n) is 5.17. The minimum Gasteiger partial charge on any atom is -0.459 e. The van der Waals surface area contributed by atoms with Crippen molar-refractivity contribution in [3.05, 3.63) is 59.7 Å². The molecule has 0 spiro atoms. The van der Waals surface area contributed by atoms with Gasteiger partial charge in [-0.05, 0) is 49.2 Å². The Labute approximate surface area is 167 Å². The van der Waals surface area contributed by atoms with E-state index in [1.807, 2.05) is 46.0 Å². The lowest BCUT2D eigenvalue weighted by Crippen LogP contribution is -2.35. The molecular weight excluding hydrogens is 371 g/mol. The Morgan fingerprint density at radius 1 is 1.21 bits per heavy atom. The van der Waals surface area contributed by atoms with Gasteiger partial charge >= 0.3 is 6.03 Å². The van der Waals surface area contributed by atoms with Gasteiger partial charge in [0.1, 0.15) is 17.2 Å². The molecule has 2 heterocycles. The number of rotatable bonds is 4. The molecule has 0 aliphatic rings. The highest BCUT2D eigenvalue weighted by molar-refractivity contribution is 5.93. The maximum atomic E-state index is 13.6. The molecule has 0 saturated heterocycles. The van der Waals surface area contributed by atoms with Gasteiger partial charge in [0.05, 0.1) is 17.8 Å². The molecule has 2 amide bonds. The van der Waals surface area contributed by atoms with Crippen molar-refractivity contribution >= 4 is 33.6 Å². The average Bonchev–Trinajstić information content (AvgIpc) is 3.20. The average molecular weight is 394 g/mol. The van der Waals surface area contributed by atoms with Gasteiger partial charge in [-0.15, -0.1) is 0 Å². The van der Waals surface area contributed by atoms with Crippen LogP contribution in [0.1, 0.15) is 31.2 Å². The van der Waals surface area contributed by atoms with Gasteiger partial charge in [-0.2, -0.15) is 5.10 Å². The zero-order valence-corrected chi connectivity index (χ0v) is 16.8. The number of aryl methyl sites for hydroxylation is 2. The number of benzene rings is 2. The highest BCUT2D eigenvalue weighted by Gasteiger charge is 2.25. The number of urea groups is 1. The number of nitrogens with one attached hydrogen (secondary N) is 2. The Morgan fingerprint density at radius 2 is 2.00 bits per heavy atom. The summed E-state index contributed by atoms with van der Waals surface area (Å²) in [5.74, 6) is 0.398. The van der Waals surface area contributed by atoms with Crippen LogP contribution in [0.25, 0.3) is 21.9 Å². The summed E-state index contributed by atoms with van der Waals surface area (Å²) in [4.78, 5) is 12.7. The molecule has 0 bridgehead atoms.